The van der Waals surface area contributed by atoms with Crippen LogP contribution >= 0.6 is 0 Å². The van der Waals surface area contributed by atoms with Crippen molar-refractivity contribution in [1.29, 1.82) is 0 Å². The second-order valence-corrected chi connectivity index (χ2v) is 10.2. The van der Waals surface area contributed by atoms with Gasteiger partial charge in [0.25, 0.3) is 0 Å². The van der Waals surface area contributed by atoms with Crippen LogP contribution < -0.4 is 16.8 Å². The molecule has 2 aromatic heterocycles. The van der Waals surface area contributed by atoms with Gasteiger partial charge >= 0.3 is 6.18 Å². The Kier molecular flexibility index (Phi) is 9.86. The lowest BCUT2D eigenvalue weighted by atomic mass is 9.94. The molecule has 4 rings (SSSR count). The average Bonchev–Trinajstić information content (AvgIpc) is 3.33. The molecule has 12 heteroatoms. The summed E-state index contributed by atoms with van der Waals surface area (Å²) in [6.07, 6.45) is 1.58. The first-order chi connectivity index (χ1) is 18.7. The first-order valence-corrected chi connectivity index (χ1v) is 13.8. The van der Waals surface area contributed by atoms with Crippen LogP contribution in [-0.2, 0) is 17.5 Å². The Bertz CT molecular complexity index is 1110. The van der Waals surface area contributed by atoms with E-state index in [1.165, 1.54) is 12.6 Å². The fourth-order valence-corrected chi connectivity index (χ4v) is 5.32. The van der Waals surface area contributed by atoms with Crippen LogP contribution in [-0.4, -0.2) is 82.9 Å². The lowest BCUT2D eigenvalue weighted by Crippen LogP contribution is -2.43. The van der Waals surface area contributed by atoms with E-state index in [0.29, 0.717) is 36.8 Å². The Morgan fingerprint density at radius 1 is 1.21 bits per heavy atom. The molecule has 1 atom stereocenters. The second kappa shape index (κ2) is 13.1. The van der Waals surface area contributed by atoms with E-state index < -0.39 is 11.9 Å². The number of hydrogen-bond donors (Lipinski definition) is 3. The summed E-state index contributed by atoms with van der Waals surface area (Å²) in [6.45, 7) is 10.9. The number of piperidine rings is 1. The Hall–Kier alpha value is -2.67. The highest BCUT2D eigenvalue weighted by Gasteiger charge is 2.33. The van der Waals surface area contributed by atoms with E-state index in [2.05, 4.69) is 31.6 Å². The van der Waals surface area contributed by atoms with E-state index in [1.54, 1.807) is 6.07 Å². The minimum absolute atomic E-state index is 0.0183. The fourth-order valence-electron chi connectivity index (χ4n) is 5.32. The van der Waals surface area contributed by atoms with E-state index in [1.807, 2.05) is 13.1 Å². The van der Waals surface area contributed by atoms with Crippen LogP contribution in [0, 0.1) is 0 Å². The summed E-state index contributed by atoms with van der Waals surface area (Å²) >= 11 is 0. The van der Waals surface area contributed by atoms with Gasteiger partial charge in [-0.2, -0.15) is 13.2 Å². The van der Waals surface area contributed by atoms with Crippen LogP contribution in [0.2, 0.25) is 0 Å². The maximum atomic E-state index is 13.3. The monoisotopic (exact) mass is 550 g/mol. The maximum absolute atomic E-state index is 13.3. The molecule has 39 heavy (non-hydrogen) atoms. The third-order valence-electron chi connectivity index (χ3n) is 7.66. The van der Waals surface area contributed by atoms with Gasteiger partial charge < -0.3 is 25.7 Å². The van der Waals surface area contributed by atoms with Crippen molar-refractivity contribution in [1.82, 2.24) is 29.7 Å². The van der Waals surface area contributed by atoms with Crippen molar-refractivity contribution < 1.29 is 17.9 Å². The van der Waals surface area contributed by atoms with Gasteiger partial charge in [-0.15, -0.1) is 0 Å². The summed E-state index contributed by atoms with van der Waals surface area (Å²) in [5, 5.41) is 3.05. The van der Waals surface area contributed by atoms with Gasteiger partial charge in [0, 0.05) is 50.2 Å². The Balaban J connectivity index is 1.51. The average molecular weight is 551 g/mol. The third-order valence-corrected chi connectivity index (χ3v) is 7.66. The van der Waals surface area contributed by atoms with E-state index in [9.17, 15) is 13.2 Å². The number of likely N-dealkylation sites (tertiary alicyclic amines) is 2. The number of pyridine rings is 1. The number of halogens is 3. The number of nitrogens with one attached hydrogen (secondary N) is 1. The van der Waals surface area contributed by atoms with Crippen LogP contribution in [0.15, 0.2) is 36.0 Å². The highest BCUT2D eigenvalue weighted by molar-refractivity contribution is 5.59. The molecule has 0 radical (unpaired) electrons. The summed E-state index contributed by atoms with van der Waals surface area (Å²) in [7, 11) is 0. The van der Waals surface area contributed by atoms with E-state index >= 15 is 0 Å². The smallest absolute Gasteiger partial charge is 0.433 e. The highest BCUT2D eigenvalue weighted by atomic mass is 19.4. The molecule has 2 aliphatic rings. The van der Waals surface area contributed by atoms with Gasteiger partial charge in [0.05, 0.1) is 24.0 Å². The molecule has 2 saturated heterocycles. The van der Waals surface area contributed by atoms with Gasteiger partial charge in [0.2, 0.25) is 0 Å². The number of nitrogens with two attached hydrogens (primary N) is 2. The van der Waals surface area contributed by atoms with Crippen LogP contribution in [0.25, 0.3) is 11.3 Å². The van der Waals surface area contributed by atoms with Crippen LogP contribution in [0.1, 0.15) is 50.5 Å². The lowest BCUT2D eigenvalue weighted by molar-refractivity contribution is -0.141. The molecule has 0 bridgehead atoms. The summed E-state index contributed by atoms with van der Waals surface area (Å²) < 4.78 is 48.0. The molecule has 9 nitrogen and oxygen atoms in total. The zero-order valence-electron chi connectivity index (χ0n) is 22.9. The predicted molar refractivity (Wildman–Crippen MR) is 144 cm³/mol. The molecule has 0 aromatic carbocycles. The van der Waals surface area contributed by atoms with Crippen molar-refractivity contribution in [3.63, 3.8) is 0 Å². The topological polar surface area (TPSA) is 110 Å². The first-order valence-electron chi connectivity index (χ1n) is 13.8. The second-order valence-electron chi connectivity index (χ2n) is 10.2. The van der Waals surface area contributed by atoms with Gasteiger partial charge in [-0.1, -0.05) is 0 Å². The number of nitrogens with zero attached hydrogens (tertiary/aromatic N) is 5. The van der Waals surface area contributed by atoms with E-state index in [0.717, 1.165) is 69.8 Å². The number of ether oxygens (including phenoxy) is 1. The highest BCUT2D eigenvalue weighted by Crippen LogP contribution is 2.34. The van der Waals surface area contributed by atoms with Crippen LogP contribution in [0.4, 0.5) is 13.2 Å². The molecule has 2 fully saturated rings. The zero-order chi connectivity index (χ0) is 28.0. The number of aromatic nitrogens is 3. The lowest BCUT2D eigenvalue weighted by Gasteiger charge is -2.37. The molecule has 2 aromatic rings. The minimum atomic E-state index is -4.50. The van der Waals surface area contributed by atoms with Crippen molar-refractivity contribution in [2.24, 2.45) is 11.5 Å². The molecular weight excluding hydrogens is 509 g/mol. The van der Waals surface area contributed by atoms with Crippen molar-refractivity contribution >= 4 is 0 Å². The quantitative estimate of drug-likeness (QED) is 0.273. The Morgan fingerprint density at radius 2 is 1.95 bits per heavy atom. The molecule has 2 aliphatic heterocycles. The Labute approximate surface area is 228 Å². The molecular formula is C27H41F3N8O. The number of alkyl halides is 3. The minimum Gasteiger partial charge on any atom is -0.495 e. The van der Waals surface area contributed by atoms with Crippen molar-refractivity contribution in [3.05, 3.63) is 47.5 Å². The molecule has 4 heterocycles. The van der Waals surface area contributed by atoms with Crippen LogP contribution in [0.5, 0.6) is 0 Å². The largest absolute Gasteiger partial charge is 0.495 e. The molecule has 216 valence electrons. The van der Waals surface area contributed by atoms with Gasteiger partial charge in [-0.25, -0.2) is 4.98 Å². The maximum Gasteiger partial charge on any atom is 0.433 e. The van der Waals surface area contributed by atoms with E-state index in [-0.39, 0.29) is 12.0 Å². The summed E-state index contributed by atoms with van der Waals surface area (Å²) in [4.78, 5) is 13.2. The third kappa shape index (κ3) is 7.30. The van der Waals surface area contributed by atoms with Crippen LogP contribution in [0.3, 0.4) is 0 Å². The molecule has 0 aliphatic carbocycles. The molecule has 0 amide bonds. The number of rotatable bonds is 12. The normalized spacial score (nSPS) is 19.0. The van der Waals surface area contributed by atoms with Gasteiger partial charge in [0.1, 0.15) is 17.3 Å². The van der Waals surface area contributed by atoms with Gasteiger partial charge in [-0.3, -0.25) is 15.2 Å². The molecule has 0 spiro atoms. The van der Waals surface area contributed by atoms with Gasteiger partial charge in [0.15, 0.2) is 0 Å². The molecule has 5 N–H and O–H groups in total. The predicted octanol–water partition coefficient (Wildman–Crippen LogP) is 2.95. The summed E-state index contributed by atoms with van der Waals surface area (Å²) in [5.41, 5.74) is 12.6. The van der Waals surface area contributed by atoms with E-state index in [4.69, 9.17) is 21.2 Å². The fraction of sp³-hybridized carbons (Fsp3) is 0.630. The van der Waals surface area contributed by atoms with Crippen molar-refractivity contribution in [2.45, 2.75) is 57.8 Å². The SMILES string of the molecule is CCO/C(=C(\N)CNCN)C(C)N1CCC(c2nc(-c3ccnc(C(F)(F)F)c3)cn2CCN2CCC2)CC1. The number of imidazole rings is 1. The first kappa shape index (κ1) is 29.3. The summed E-state index contributed by atoms with van der Waals surface area (Å²) in [5.74, 6) is 1.92. The van der Waals surface area contributed by atoms with Gasteiger partial charge in [-0.05, 0) is 71.4 Å². The van der Waals surface area contributed by atoms with Crippen molar-refractivity contribution in [3.8, 4) is 11.3 Å². The number of hydrogen-bond acceptors (Lipinski definition) is 8. The summed E-state index contributed by atoms with van der Waals surface area (Å²) in [6, 6.07) is 2.70. The molecule has 0 saturated carbocycles. The molecule has 1 unspecified atom stereocenters. The zero-order valence-corrected chi connectivity index (χ0v) is 22.9. The Morgan fingerprint density at radius 3 is 2.56 bits per heavy atom. The van der Waals surface area contributed by atoms with Crippen molar-refractivity contribution in [2.75, 3.05) is 52.5 Å². The standard InChI is InChI=1S/C27H41F3N8O/c1-3-39-25(22(32)16-33-18-31)19(2)37-11-6-20(7-12-37)26-35-23(17-38(26)14-13-36-9-4-10-36)21-5-8-34-24(15-21)27(28,29)30/h5,8,15,17,19-20,33H,3-4,6-7,9-14,16,18,31-32H2,1-2H3/b25-22-.